The van der Waals surface area contributed by atoms with Crippen molar-refractivity contribution in [3.8, 4) is 0 Å². The van der Waals surface area contributed by atoms with Gasteiger partial charge in [0.15, 0.2) is 0 Å². The van der Waals surface area contributed by atoms with Crippen molar-refractivity contribution in [3.63, 3.8) is 0 Å². The third-order valence-electron chi connectivity index (χ3n) is 5.72. The van der Waals surface area contributed by atoms with Gasteiger partial charge in [-0.15, -0.1) is 0 Å². The van der Waals surface area contributed by atoms with E-state index in [1.165, 1.54) is 35.2 Å². The van der Waals surface area contributed by atoms with E-state index in [-0.39, 0.29) is 28.1 Å². The predicted octanol–water partition coefficient (Wildman–Crippen LogP) is 5.13. The summed E-state index contributed by atoms with van der Waals surface area (Å²) >= 11 is 12.5. The number of benzene rings is 3. The second-order valence-electron chi connectivity index (χ2n) is 8.25. The van der Waals surface area contributed by atoms with Crippen LogP contribution >= 0.6 is 23.2 Å². The fraction of sp³-hybridized carbons (Fsp3) is 0.259. The summed E-state index contributed by atoms with van der Waals surface area (Å²) < 4.78 is 28.5. The van der Waals surface area contributed by atoms with Crippen LogP contribution in [0.15, 0.2) is 83.8 Å². The molecule has 196 valence electrons. The molecule has 7 nitrogen and oxygen atoms in total. The van der Waals surface area contributed by atoms with Crippen LogP contribution in [-0.2, 0) is 26.2 Å². The number of hydrogen-bond donors (Lipinski definition) is 1. The summed E-state index contributed by atoms with van der Waals surface area (Å²) in [5.74, 6) is -0.858. The van der Waals surface area contributed by atoms with Gasteiger partial charge in [0.05, 0.1) is 15.6 Å². The molecule has 0 saturated carbocycles. The lowest BCUT2D eigenvalue weighted by Crippen LogP contribution is -2.52. The number of carbonyl (C=O) groups excluding carboxylic acids is 2. The fourth-order valence-corrected chi connectivity index (χ4v) is 5.92. The molecule has 1 atom stereocenters. The largest absolute Gasteiger partial charge is 0.355 e. The molecule has 1 N–H and O–H groups in total. The third-order valence-corrected chi connectivity index (χ3v) is 8.03. The molecule has 0 aliphatic rings. The predicted molar refractivity (Wildman–Crippen MR) is 147 cm³/mol. The number of nitrogens with one attached hydrogen (secondary N) is 1. The van der Waals surface area contributed by atoms with Crippen LogP contribution < -0.4 is 9.62 Å². The van der Waals surface area contributed by atoms with Crippen LogP contribution in [-0.4, -0.2) is 44.3 Å². The second-order valence-corrected chi connectivity index (χ2v) is 11.0. The molecule has 3 aromatic rings. The summed E-state index contributed by atoms with van der Waals surface area (Å²) in [6, 6.07) is 20.6. The Morgan fingerprint density at radius 3 is 2.11 bits per heavy atom. The van der Waals surface area contributed by atoms with Crippen molar-refractivity contribution in [2.24, 2.45) is 0 Å². The Morgan fingerprint density at radius 1 is 0.919 bits per heavy atom. The quantitative estimate of drug-likeness (QED) is 0.351. The molecule has 0 saturated heterocycles. The average molecular weight is 563 g/mol. The number of sulfonamides is 1. The molecular formula is C27H29Cl2N3O4S. The van der Waals surface area contributed by atoms with Gasteiger partial charge in [0.2, 0.25) is 11.8 Å². The molecule has 3 rings (SSSR count). The van der Waals surface area contributed by atoms with Crippen LogP contribution in [0.3, 0.4) is 0 Å². The summed E-state index contributed by atoms with van der Waals surface area (Å²) in [5.41, 5.74) is 0.912. The summed E-state index contributed by atoms with van der Waals surface area (Å²) in [5, 5.41) is 3.17. The van der Waals surface area contributed by atoms with Crippen molar-refractivity contribution in [2.45, 2.75) is 37.8 Å². The molecule has 0 aromatic heterocycles. The van der Waals surface area contributed by atoms with Gasteiger partial charge in [0.25, 0.3) is 10.0 Å². The van der Waals surface area contributed by atoms with Crippen LogP contribution in [0.2, 0.25) is 10.0 Å². The lowest BCUT2D eigenvalue weighted by atomic mass is 10.1. The van der Waals surface area contributed by atoms with E-state index in [1.54, 1.807) is 32.0 Å². The minimum atomic E-state index is -4.20. The number of hydrogen-bond acceptors (Lipinski definition) is 4. The van der Waals surface area contributed by atoms with Gasteiger partial charge >= 0.3 is 0 Å². The molecule has 2 amide bonds. The van der Waals surface area contributed by atoms with E-state index in [2.05, 4.69) is 5.32 Å². The number of halogens is 2. The Kier molecular flexibility index (Phi) is 9.97. The normalized spacial score (nSPS) is 12.0. The monoisotopic (exact) mass is 561 g/mol. The van der Waals surface area contributed by atoms with E-state index in [0.717, 1.165) is 9.87 Å². The van der Waals surface area contributed by atoms with Gasteiger partial charge in [-0.2, -0.15) is 0 Å². The van der Waals surface area contributed by atoms with E-state index >= 15 is 0 Å². The van der Waals surface area contributed by atoms with Gasteiger partial charge in [-0.25, -0.2) is 8.42 Å². The maximum absolute atomic E-state index is 13.9. The molecule has 0 heterocycles. The molecule has 0 aliphatic heterocycles. The maximum Gasteiger partial charge on any atom is 0.264 e. The van der Waals surface area contributed by atoms with Gasteiger partial charge in [-0.1, -0.05) is 78.7 Å². The van der Waals surface area contributed by atoms with Gasteiger partial charge in [-0.3, -0.25) is 13.9 Å². The molecule has 10 heteroatoms. The first-order chi connectivity index (χ1) is 17.7. The zero-order valence-corrected chi connectivity index (χ0v) is 22.9. The van der Waals surface area contributed by atoms with Crippen LogP contribution in [0.1, 0.15) is 25.8 Å². The van der Waals surface area contributed by atoms with E-state index in [4.69, 9.17) is 23.2 Å². The van der Waals surface area contributed by atoms with E-state index in [9.17, 15) is 18.0 Å². The smallest absolute Gasteiger partial charge is 0.264 e. The molecule has 0 aliphatic carbocycles. The molecule has 0 radical (unpaired) electrons. The SMILES string of the molecule is CCNC(=O)C(CC)N(Cc1ccccc1)C(=O)CN(c1ccc(Cl)cc1Cl)S(=O)(=O)c1ccccc1. The van der Waals surface area contributed by atoms with Crippen LogP contribution in [0.25, 0.3) is 0 Å². The van der Waals surface area contributed by atoms with E-state index in [0.29, 0.717) is 18.0 Å². The van der Waals surface area contributed by atoms with Crippen molar-refractivity contribution in [3.05, 3.63) is 94.5 Å². The molecule has 0 fully saturated rings. The molecule has 1 unspecified atom stereocenters. The number of likely N-dealkylation sites (N-methyl/N-ethyl adjacent to an activating group) is 1. The van der Waals surface area contributed by atoms with Crippen molar-refractivity contribution >= 4 is 50.7 Å². The summed E-state index contributed by atoms with van der Waals surface area (Å²) in [7, 11) is -4.20. The van der Waals surface area contributed by atoms with Crippen LogP contribution in [0.4, 0.5) is 5.69 Å². The average Bonchev–Trinajstić information content (AvgIpc) is 2.88. The van der Waals surface area contributed by atoms with Crippen molar-refractivity contribution < 1.29 is 18.0 Å². The highest BCUT2D eigenvalue weighted by molar-refractivity contribution is 7.92. The minimum Gasteiger partial charge on any atom is -0.355 e. The van der Waals surface area contributed by atoms with E-state index in [1.807, 2.05) is 30.3 Å². The number of nitrogens with zero attached hydrogens (tertiary/aromatic N) is 2. The zero-order valence-electron chi connectivity index (χ0n) is 20.6. The highest BCUT2D eigenvalue weighted by atomic mass is 35.5. The van der Waals surface area contributed by atoms with Crippen LogP contribution in [0.5, 0.6) is 0 Å². The molecular weight excluding hydrogens is 533 g/mol. The Hall–Kier alpha value is -3.07. The third kappa shape index (κ3) is 7.03. The Morgan fingerprint density at radius 2 is 1.54 bits per heavy atom. The topological polar surface area (TPSA) is 86.8 Å². The highest BCUT2D eigenvalue weighted by Gasteiger charge is 2.34. The first-order valence-electron chi connectivity index (χ1n) is 11.8. The summed E-state index contributed by atoms with van der Waals surface area (Å²) in [6.07, 6.45) is 0.345. The van der Waals surface area contributed by atoms with Crippen molar-refractivity contribution in [1.82, 2.24) is 10.2 Å². The molecule has 0 bridgehead atoms. The summed E-state index contributed by atoms with van der Waals surface area (Å²) in [6.45, 7) is 3.56. The minimum absolute atomic E-state index is 0.000747. The number of rotatable bonds is 11. The fourth-order valence-electron chi connectivity index (χ4n) is 3.91. The lowest BCUT2D eigenvalue weighted by Gasteiger charge is -2.33. The van der Waals surface area contributed by atoms with Crippen molar-refractivity contribution in [2.75, 3.05) is 17.4 Å². The Bertz CT molecular complexity index is 1320. The number of carbonyl (C=O) groups is 2. The van der Waals surface area contributed by atoms with Gasteiger partial charge in [0.1, 0.15) is 12.6 Å². The van der Waals surface area contributed by atoms with Gasteiger partial charge in [0, 0.05) is 18.1 Å². The lowest BCUT2D eigenvalue weighted by molar-refractivity contribution is -0.140. The number of amides is 2. The highest BCUT2D eigenvalue weighted by Crippen LogP contribution is 2.33. The molecule has 3 aromatic carbocycles. The molecule has 0 spiro atoms. The van der Waals surface area contributed by atoms with Gasteiger partial charge in [-0.05, 0) is 49.2 Å². The second kappa shape index (κ2) is 12.9. The van der Waals surface area contributed by atoms with Crippen LogP contribution in [0, 0.1) is 0 Å². The maximum atomic E-state index is 13.9. The molecule has 37 heavy (non-hydrogen) atoms. The first-order valence-corrected chi connectivity index (χ1v) is 14.0. The summed E-state index contributed by atoms with van der Waals surface area (Å²) in [4.78, 5) is 28.2. The standard InChI is InChI=1S/C27H29Cl2N3O4S/c1-3-24(27(34)30-4-2)31(18-20-11-7-5-8-12-20)26(33)19-32(25-16-15-21(28)17-23(25)29)37(35,36)22-13-9-6-10-14-22/h5-17,24H,3-4,18-19H2,1-2H3,(H,30,34). The van der Waals surface area contributed by atoms with Crippen molar-refractivity contribution in [1.29, 1.82) is 0 Å². The van der Waals surface area contributed by atoms with Gasteiger partial charge < -0.3 is 10.2 Å². The first kappa shape index (κ1) is 28.5. The number of anilines is 1. The van der Waals surface area contributed by atoms with E-state index < -0.39 is 28.5 Å². The Labute approximate surface area is 228 Å². The zero-order chi connectivity index (χ0) is 27.0. The Balaban J connectivity index is 2.07.